The van der Waals surface area contributed by atoms with E-state index in [-0.39, 0.29) is 28.6 Å². The van der Waals surface area contributed by atoms with Crippen molar-refractivity contribution in [3.63, 3.8) is 0 Å². The lowest BCUT2D eigenvalue weighted by Crippen LogP contribution is -2.13. The van der Waals surface area contributed by atoms with Crippen LogP contribution in [-0.4, -0.2) is 12.6 Å². The van der Waals surface area contributed by atoms with Gasteiger partial charge in [-0.25, -0.2) is 9.78 Å². The van der Waals surface area contributed by atoms with E-state index in [1.807, 2.05) is 24.3 Å². The number of esters is 1. The smallest absolute Gasteiger partial charge is 0.350 e. The van der Waals surface area contributed by atoms with Crippen molar-refractivity contribution >= 4 is 50.6 Å². The molecule has 0 unspecified atom stereocenters. The largest absolute Gasteiger partial charge is 0.494 e. The second kappa shape index (κ2) is 10.6. The van der Waals surface area contributed by atoms with Crippen molar-refractivity contribution in [2.75, 3.05) is 18.1 Å². The zero-order chi connectivity index (χ0) is 24.9. The number of thiophene rings is 1. The quantitative estimate of drug-likeness (QED) is 0.236. The van der Waals surface area contributed by atoms with Gasteiger partial charge in [0.05, 0.1) is 17.7 Å². The van der Waals surface area contributed by atoms with Crippen LogP contribution in [0.25, 0.3) is 21.3 Å². The number of H-pyrrole nitrogens is 1. The third-order valence-corrected chi connectivity index (χ3v) is 6.81. The summed E-state index contributed by atoms with van der Waals surface area (Å²) in [7, 11) is 0. The maximum absolute atomic E-state index is 12.9. The van der Waals surface area contributed by atoms with Gasteiger partial charge in [-0.05, 0) is 41.8 Å². The number of nitrogen functional groups attached to an aromatic ring is 2. The maximum atomic E-state index is 12.9. The Morgan fingerprint density at radius 2 is 1.86 bits per heavy atom. The number of nitriles is 1. The van der Waals surface area contributed by atoms with Gasteiger partial charge in [-0.15, -0.1) is 0 Å². The van der Waals surface area contributed by atoms with Gasteiger partial charge in [-0.1, -0.05) is 60.5 Å². The maximum Gasteiger partial charge on any atom is 0.350 e. The first kappa shape index (κ1) is 24.3. The minimum Gasteiger partial charge on any atom is -0.494 e. The van der Waals surface area contributed by atoms with Crippen molar-refractivity contribution in [1.82, 2.24) is 0 Å². The summed E-state index contributed by atoms with van der Waals surface area (Å²) in [5.41, 5.74) is 15.2. The summed E-state index contributed by atoms with van der Waals surface area (Å²) in [6.45, 7) is 2.81. The number of ether oxygens (including phenoxy) is 2. The van der Waals surface area contributed by atoms with Gasteiger partial charge in [-0.2, -0.15) is 5.26 Å². The molecule has 4 rings (SSSR count). The normalized spacial score (nSPS) is 10.8. The Bertz CT molecular complexity index is 1410. The van der Waals surface area contributed by atoms with Crippen molar-refractivity contribution < 1.29 is 19.3 Å². The highest BCUT2D eigenvalue weighted by atomic mass is 35.5. The average molecular weight is 508 g/mol. The number of nitrogens with two attached hydrogens (primary N) is 2. The van der Waals surface area contributed by atoms with E-state index in [2.05, 4.69) is 18.0 Å². The molecular weight excluding hydrogens is 484 g/mol. The predicted molar refractivity (Wildman–Crippen MR) is 138 cm³/mol. The Balaban J connectivity index is 1.70. The first-order valence-corrected chi connectivity index (χ1v) is 12.2. The molecule has 0 saturated heterocycles. The van der Waals surface area contributed by atoms with Crippen LogP contribution in [0.3, 0.4) is 0 Å². The molecule has 0 saturated carbocycles. The zero-order valence-corrected chi connectivity index (χ0v) is 20.6. The zero-order valence-electron chi connectivity index (χ0n) is 19.1. The second-order valence-corrected chi connectivity index (χ2v) is 9.34. The molecule has 0 fully saturated rings. The van der Waals surface area contributed by atoms with E-state index in [0.29, 0.717) is 27.4 Å². The highest BCUT2D eigenvalue weighted by Crippen LogP contribution is 2.41. The molecule has 0 bridgehead atoms. The summed E-state index contributed by atoms with van der Waals surface area (Å²) in [6, 6.07) is 16.6. The number of unbranched alkanes of at least 4 members (excludes halogenated alkanes) is 1. The van der Waals surface area contributed by atoms with Gasteiger partial charge in [0.1, 0.15) is 28.9 Å². The number of hydrogen-bond acceptors (Lipinski definition) is 7. The molecule has 0 aliphatic carbocycles. The number of nitrogens with one attached hydrogen (secondary N) is 1. The van der Waals surface area contributed by atoms with Gasteiger partial charge in [0.15, 0.2) is 4.83 Å². The van der Waals surface area contributed by atoms with E-state index < -0.39 is 5.97 Å². The molecule has 7 nitrogen and oxygen atoms in total. The first-order valence-electron chi connectivity index (χ1n) is 11.0. The fourth-order valence-corrected chi connectivity index (χ4v) is 4.79. The van der Waals surface area contributed by atoms with Crippen molar-refractivity contribution in [3.8, 4) is 22.9 Å². The van der Waals surface area contributed by atoms with Crippen molar-refractivity contribution in [2.24, 2.45) is 0 Å². The van der Waals surface area contributed by atoms with Crippen LogP contribution in [0, 0.1) is 11.3 Å². The summed E-state index contributed by atoms with van der Waals surface area (Å²) in [5, 5.41) is 11.0. The van der Waals surface area contributed by atoms with Crippen molar-refractivity contribution in [3.05, 3.63) is 69.6 Å². The fourth-order valence-electron chi connectivity index (χ4n) is 3.63. The van der Waals surface area contributed by atoms with E-state index in [1.54, 1.807) is 24.3 Å². The Labute approximate surface area is 211 Å². The number of carbonyl (C=O) groups excluding carboxylic acids is 1. The number of aromatic amines is 1. The summed E-state index contributed by atoms with van der Waals surface area (Å²) < 4.78 is 11.2. The number of hydrogen-bond donors (Lipinski definition) is 2. The SMILES string of the molecule is CCCCOc1ccc(-c2c(C#N)c(N)[nH+]c3sc(C(=O)OCc4ccc(Cl)cc4)c(N)c23)cc1. The van der Waals surface area contributed by atoms with Crippen LogP contribution in [0.4, 0.5) is 11.5 Å². The Morgan fingerprint density at radius 1 is 1.14 bits per heavy atom. The highest BCUT2D eigenvalue weighted by Gasteiger charge is 2.27. The number of anilines is 2. The standard InChI is InChI=1S/C26H23ClN4O3S/c1-2-3-12-33-18-10-6-16(7-11-18)20-19(13-28)24(30)31-25-21(20)22(29)23(35-25)26(32)34-14-15-4-8-17(27)9-5-15/h4-11H,2-3,12,14,29H2,1H3,(H2,30,31)/p+1. The lowest BCUT2D eigenvalue weighted by Gasteiger charge is -2.09. The van der Waals surface area contributed by atoms with Crippen molar-refractivity contribution in [1.29, 1.82) is 5.26 Å². The number of fused-ring (bicyclic) bond motifs is 1. The number of pyridine rings is 1. The van der Waals surface area contributed by atoms with Crippen LogP contribution < -0.4 is 21.2 Å². The molecule has 0 radical (unpaired) electrons. The highest BCUT2D eigenvalue weighted by molar-refractivity contribution is 7.20. The number of benzene rings is 2. The van der Waals surface area contributed by atoms with E-state index in [0.717, 1.165) is 41.1 Å². The molecule has 0 atom stereocenters. The lowest BCUT2D eigenvalue weighted by molar-refractivity contribution is -0.323. The van der Waals surface area contributed by atoms with E-state index in [1.165, 1.54) is 0 Å². The van der Waals surface area contributed by atoms with Gasteiger partial charge >= 0.3 is 5.97 Å². The summed E-state index contributed by atoms with van der Waals surface area (Å²) in [6.07, 6.45) is 2.01. The fraction of sp³-hybridized carbons (Fsp3) is 0.192. The number of nitrogens with zero attached hydrogens (tertiary/aromatic N) is 1. The van der Waals surface area contributed by atoms with E-state index >= 15 is 0 Å². The van der Waals surface area contributed by atoms with Crippen molar-refractivity contribution in [2.45, 2.75) is 26.4 Å². The Morgan fingerprint density at radius 3 is 2.51 bits per heavy atom. The van der Waals surface area contributed by atoms with Gasteiger partial charge in [0.25, 0.3) is 5.82 Å². The molecular formula is C26H24ClN4O3S+. The molecule has 9 heteroatoms. The van der Waals surface area contributed by atoms with Crippen LogP contribution in [-0.2, 0) is 11.3 Å². The lowest BCUT2D eigenvalue weighted by atomic mass is 9.97. The van der Waals surface area contributed by atoms with Crippen LogP contribution >= 0.6 is 22.9 Å². The topological polar surface area (TPSA) is 126 Å². The third-order valence-electron chi connectivity index (χ3n) is 5.45. The van der Waals surface area contributed by atoms with E-state index in [9.17, 15) is 10.1 Å². The van der Waals surface area contributed by atoms with Gasteiger partial charge < -0.3 is 15.2 Å². The van der Waals surface area contributed by atoms with Crippen LogP contribution in [0.2, 0.25) is 5.02 Å². The third kappa shape index (κ3) is 5.16. The molecule has 178 valence electrons. The summed E-state index contributed by atoms with van der Waals surface area (Å²) in [5.74, 6) is 0.368. The molecule has 4 aromatic rings. The molecule has 0 amide bonds. The van der Waals surface area contributed by atoms with E-state index in [4.69, 9.17) is 32.5 Å². The minimum absolute atomic E-state index is 0.0747. The molecule has 0 aliphatic rings. The molecule has 0 aliphatic heterocycles. The summed E-state index contributed by atoms with van der Waals surface area (Å²) >= 11 is 7.05. The average Bonchev–Trinajstić information content (AvgIpc) is 3.19. The minimum atomic E-state index is -0.560. The molecule has 2 aromatic heterocycles. The first-order chi connectivity index (χ1) is 16.9. The molecule has 35 heavy (non-hydrogen) atoms. The number of halogens is 1. The molecule has 5 N–H and O–H groups in total. The number of carbonyl (C=O) groups is 1. The predicted octanol–water partition coefficient (Wildman–Crippen LogP) is 5.61. The van der Waals surface area contributed by atoms with Crippen LogP contribution in [0.15, 0.2) is 48.5 Å². The Kier molecular flexibility index (Phi) is 7.39. The second-order valence-electron chi connectivity index (χ2n) is 7.88. The number of rotatable bonds is 8. The molecule has 2 heterocycles. The number of aromatic nitrogens is 1. The molecule has 2 aromatic carbocycles. The van der Waals surface area contributed by atoms with Crippen LogP contribution in [0.1, 0.15) is 40.6 Å². The van der Waals surface area contributed by atoms with Gasteiger partial charge in [0.2, 0.25) is 0 Å². The Hall–Kier alpha value is -3.80. The van der Waals surface area contributed by atoms with Gasteiger partial charge in [0, 0.05) is 10.6 Å². The van der Waals surface area contributed by atoms with Gasteiger partial charge in [-0.3, -0.25) is 5.73 Å². The monoisotopic (exact) mass is 507 g/mol. The van der Waals surface area contributed by atoms with Crippen LogP contribution in [0.5, 0.6) is 5.75 Å². The molecule has 0 spiro atoms. The summed E-state index contributed by atoms with van der Waals surface area (Å²) in [4.78, 5) is 16.7.